The fourth-order valence-electron chi connectivity index (χ4n) is 4.03. The van der Waals surface area contributed by atoms with E-state index in [1.807, 2.05) is 72.8 Å². The Balaban J connectivity index is 0.000000196. The number of nitrogens with two attached hydrogens (primary N) is 2. The number of hydrogen-bond acceptors (Lipinski definition) is 8. The van der Waals surface area contributed by atoms with Gasteiger partial charge < -0.3 is 16.6 Å². The molecule has 4 aromatic rings. The molecule has 0 fully saturated rings. The zero-order valence-corrected chi connectivity index (χ0v) is 24.7. The van der Waals surface area contributed by atoms with Gasteiger partial charge in [0.1, 0.15) is 17.3 Å². The molecule has 0 aliphatic carbocycles. The molecule has 0 radical (unpaired) electrons. The van der Waals surface area contributed by atoms with Crippen LogP contribution in [0.4, 0.5) is 17.3 Å². The number of nitrogens with zero attached hydrogens (tertiary/aromatic N) is 5. The maximum absolute atomic E-state index is 12.1. The summed E-state index contributed by atoms with van der Waals surface area (Å²) in [4.78, 5) is 60.7. The van der Waals surface area contributed by atoms with E-state index in [-0.39, 0.29) is 22.8 Å². The first-order valence-corrected chi connectivity index (χ1v) is 13.2. The lowest BCUT2D eigenvalue weighted by atomic mass is 10.1. The van der Waals surface area contributed by atoms with Crippen LogP contribution in [-0.2, 0) is 39.4 Å². The molecule has 1 aliphatic rings. The summed E-state index contributed by atoms with van der Waals surface area (Å²) in [6, 6.07) is 19.2. The van der Waals surface area contributed by atoms with Crippen molar-refractivity contribution >= 4 is 41.2 Å². The molecule has 2 aromatic carbocycles. The minimum Gasteiger partial charge on any atom is -0.478 e. The van der Waals surface area contributed by atoms with Crippen molar-refractivity contribution in [3.05, 3.63) is 131 Å². The highest BCUT2D eigenvalue weighted by Gasteiger charge is 2.21. The zero-order valence-electron chi connectivity index (χ0n) is 24.7. The Morgan fingerprint density at radius 2 is 1.23 bits per heavy atom. The standard InChI is InChI=1S/C16H15N3O2.C9H8O2.C6H10N4O2/c1-18-14-13(15(20)19(2)16(18)21)10-12(17-14)9-8-11-6-4-3-5-7-11;10-9(11)7-6-8-4-2-1-3-5-8;1-9-4(8)3(7)5(11)10(2)6(9)12/h3-9H,10H2,1-2H3;1-7H,(H,10,11);7-8H2,1-2H3/b9-8+;7-6+;. The lowest BCUT2D eigenvalue weighted by molar-refractivity contribution is -0.131. The number of carbonyl (C=O) groups is 1. The largest absolute Gasteiger partial charge is 0.478 e. The van der Waals surface area contributed by atoms with Crippen molar-refractivity contribution in [3.8, 4) is 0 Å². The van der Waals surface area contributed by atoms with E-state index in [1.165, 1.54) is 25.7 Å². The molecule has 5 rings (SSSR count). The van der Waals surface area contributed by atoms with E-state index >= 15 is 0 Å². The van der Waals surface area contributed by atoms with Gasteiger partial charge in [-0.05, 0) is 23.3 Å². The number of carboxylic acids is 1. The number of fused-ring (bicyclic) bond motifs is 1. The SMILES string of the molecule is Cn1c(N)c(N)c(=O)n(C)c1=O.Cn1c2c(c(=O)n(C)c1=O)CC(/C=C/c1ccccc1)=N2.O=C(O)/C=C/c1ccccc1. The zero-order chi connectivity index (χ0) is 32.6. The van der Waals surface area contributed by atoms with Crippen LogP contribution in [0.3, 0.4) is 0 Å². The summed E-state index contributed by atoms with van der Waals surface area (Å²) < 4.78 is 4.57. The summed E-state index contributed by atoms with van der Waals surface area (Å²) in [5, 5.41) is 8.29. The van der Waals surface area contributed by atoms with Gasteiger partial charge in [-0.3, -0.25) is 27.9 Å². The third-order valence-electron chi connectivity index (χ3n) is 6.56. The molecule has 13 heteroatoms. The van der Waals surface area contributed by atoms with Crippen LogP contribution in [0, 0.1) is 0 Å². The van der Waals surface area contributed by atoms with Crippen LogP contribution in [-0.4, -0.2) is 35.1 Å². The number of anilines is 2. The molecule has 13 nitrogen and oxygen atoms in total. The summed E-state index contributed by atoms with van der Waals surface area (Å²) in [6.07, 6.45) is 6.98. The topological polar surface area (TPSA) is 190 Å². The van der Waals surface area contributed by atoms with Crippen molar-refractivity contribution in [1.29, 1.82) is 0 Å². The Labute approximate surface area is 251 Å². The van der Waals surface area contributed by atoms with Crippen molar-refractivity contribution in [2.24, 2.45) is 33.2 Å². The van der Waals surface area contributed by atoms with Gasteiger partial charge in [-0.1, -0.05) is 66.7 Å². The van der Waals surface area contributed by atoms with Crippen LogP contribution in [0.15, 0.2) is 97.0 Å². The van der Waals surface area contributed by atoms with Gasteiger partial charge in [0.05, 0.1) is 5.56 Å². The lowest BCUT2D eigenvalue weighted by Crippen LogP contribution is -2.39. The highest BCUT2D eigenvalue weighted by atomic mass is 16.4. The number of hydrogen-bond donors (Lipinski definition) is 3. The van der Waals surface area contributed by atoms with Crippen molar-refractivity contribution in [2.75, 3.05) is 11.5 Å². The summed E-state index contributed by atoms with van der Waals surface area (Å²) in [5.74, 6) is -0.451. The van der Waals surface area contributed by atoms with Gasteiger partial charge in [-0.15, -0.1) is 0 Å². The Hall–Kier alpha value is -5.98. The quantitative estimate of drug-likeness (QED) is 0.294. The van der Waals surface area contributed by atoms with Crippen LogP contribution in [0.1, 0.15) is 16.7 Å². The van der Waals surface area contributed by atoms with Crippen molar-refractivity contribution in [1.82, 2.24) is 18.3 Å². The maximum atomic E-state index is 12.1. The van der Waals surface area contributed by atoms with Gasteiger partial charge in [-0.25, -0.2) is 19.4 Å². The van der Waals surface area contributed by atoms with Gasteiger partial charge >= 0.3 is 17.3 Å². The Morgan fingerprint density at radius 1 is 0.727 bits per heavy atom. The molecule has 0 saturated heterocycles. The molecule has 0 saturated carbocycles. The molecule has 2 aromatic heterocycles. The van der Waals surface area contributed by atoms with Gasteiger partial charge in [0.25, 0.3) is 11.1 Å². The molecule has 228 valence electrons. The van der Waals surface area contributed by atoms with E-state index in [4.69, 9.17) is 16.6 Å². The molecular weight excluding hydrogens is 566 g/mol. The lowest BCUT2D eigenvalue weighted by Gasteiger charge is -2.07. The van der Waals surface area contributed by atoms with Crippen LogP contribution >= 0.6 is 0 Å². The van der Waals surface area contributed by atoms with Crippen molar-refractivity contribution in [2.45, 2.75) is 6.42 Å². The average molecular weight is 600 g/mol. The van der Waals surface area contributed by atoms with Crippen LogP contribution in [0.2, 0.25) is 0 Å². The Bertz CT molecular complexity index is 1960. The summed E-state index contributed by atoms with van der Waals surface area (Å²) in [5.41, 5.74) is 12.3. The summed E-state index contributed by atoms with van der Waals surface area (Å²) in [7, 11) is 5.92. The van der Waals surface area contributed by atoms with Crippen LogP contribution < -0.4 is 34.0 Å². The molecule has 44 heavy (non-hydrogen) atoms. The number of nitrogen functional groups attached to an aromatic ring is 2. The first-order chi connectivity index (χ1) is 20.8. The number of rotatable bonds is 4. The molecule has 0 bridgehead atoms. The molecule has 5 N–H and O–H groups in total. The maximum Gasteiger partial charge on any atom is 0.332 e. The Kier molecular flexibility index (Phi) is 10.5. The predicted octanol–water partition coefficient (Wildman–Crippen LogP) is 1.46. The minimum absolute atomic E-state index is 0.00287. The molecule has 0 unspecified atom stereocenters. The van der Waals surface area contributed by atoms with E-state index in [0.717, 1.165) is 36.6 Å². The van der Waals surface area contributed by atoms with Crippen molar-refractivity contribution in [3.63, 3.8) is 0 Å². The second-order valence-corrected chi connectivity index (χ2v) is 9.62. The third kappa shape index (κ3) is 7.64. The molecule has 0 atom stereocenters. The van der Waals surface area contributed by atoms with E-state index in [9.17, 15) is 24.0 Å². The average Bonchev–Trinajstić information content (AvgIpc) is 3.48. The fourth-order valence-corrected chi connectivity index (χ4v) is 4.03. The van der Waals surface area contributed by atoms with Gasteiger partial charge in [0.15, 0.2) is 0 Å². The van der Waals surface area contributed by atoms with Crippen molar-refractivity contribution < 1.29 is 9.90 Å². The van der Waals surface area contributed by atoms with E-state index in [0.29, 0.717) is 17.8 Å². The highest BCUT2D eigenvalue weighted by Crippen LogP contribution is 2.22. The Morgan fingerprint density at radius 3 is 1.77 bits per heavy atom. The van der Waals surface area contributed by atoms with Crippen LogP contribution in [0.5, 0.6) is 0 Å². The first-order valence-electron chi connectivity index (χ1n) is 13.2. The normalized spacial score (nSPS) is 11.8. The molecule has 3 heterocycles. The molecule has 0 spiro atoms. The van der Waals surface area contributed by atoms with Gasteiger partial charge in [0, 0.05) is 46.4 Å². The summed E-state index contributed by atoms with van der Waals surface area (Å²) in [6.45, 7) is 0. The van der Waals surface area contributed by atoms with E-state index in [1.54, 1.807) is 13.1 Å². The fraction of sp³-hybridized carbons (Fsp3) is 0.161. The summed E-state index contributed by atoms with van der Waals surface area (Å²) >= 11 is 0. The molecule has 0 amide bonds. The number of benzene rings is 2. The predicted molar refractivity (Wildman–Crippen MR) is 172 cm³/mol. The second kappa shape index (κ2) is 14.3. The van der Waals surface area contributed by atoms with Gasteiger partial charge in [0.2, 0.25) is 0 Å². The first kappa shape index (κ1) is 32.5. The molecular formula is C31H33N7O6. The number of carboxylic acid groups (broad SMARTS) is 1. The number of allylic oxidation sites excluding steroid dienone is 1. The minimum atomic E-state index is -0.922. The number of aliphatic carboxylic acids is 1. The smallest absolute Gasteiger partial charge is 0.332 e. The highest BCUT2D eigenvalue weighted by molar-refractivity contribution is 6.03. The second-order valence-electron chi connectivity index (χ2n) is 9.62. The third-order valence-corrected chi connectivity index (χ3v) is 6.56. The van der Waals surface area contributed by atoms with Crippen LogP contribution in [0.25, 0.3) is 12.2 Å². The van der Waals surface area contributed by atoms with Gasteiger partial charge in [-0.2, -0.15) is 0 Å². The number of aliphatic imine (C=N–C) groups is 1. The molecule has 1 aliphatic heterocycles. The number of aromatic nitrogens is 4. The monoisotopic (exact) mass is 599 g/mol. The van der Waals surface area contributed by atoms with E-state index in [2.05, 4.69) is 4.99 Å². The van der Waals surface area contributed by atoms with E-state index < -0.39 is 17.2 Å².